The third-order valence-corrected chi connectivity index (χ3v) is 3.45. The van der Waals surface area contributed by atoms with Crippen molar-refractivity contribution in [2.75, 3.05) is 6.26 Å². The Bertz CT molecular complexity index is 138. The molecule has 0 rings (SSSR count). The molecule has 0 bridgehead atoms. The molecule has 0 fully saturated rings. The maximum atomic E-state index is 10.2. The zero-order valence-corrected chi connectivity index (χ0v) is 6.95. The smallest absolute Gasteiger partial charge is 0.212 e. The zero-order chi connectivity index (χ0) is 6.08. The summed E-state index contributed by atoms with van der Waals surface area (Å²) in [6.45, 7) is 0. The number of rotatable bonds is 1. The van der Waals surface area contributed by atoms with Gasteiger partial charge >= 0.3 is 0 Å². The fourth-order valence-corrected chi connectivity index (χ4v) is 0. The van der Waals surface area contributed by atoms with Crippen molar-refractivity contribution in [2.24, 2.45) is 0 Å². The van der Waals surface area contributed by atoms with Crippen LogP contribution in [-0.4, -0.2) is 18.5 Å². The molecule has 0 heterocycles. The highest BCUT2D eigenvalue weighted by Gasteiger charge is 2.01. The third-order valence-electron chi connectivity index (χ3n) is 0.383. The largest absolute Gasteiger partial charge is 0.216 e. The molecule has 0 aliphatic carbocycles. The lowest BCUT2D eigenvalue weighted by Crippen LogP contribution is -2.06. The number of sulfonamides is 1. The minimum absolute atomic E-state index is 0.993. The third kappa shape index (κ3) is 3.36. The van der Waals surface area contributed by atoms with Gasteiger partial charge in [-0.2, -0.15) is 3.85 Å². The first-order valence-corrected chi connectivity index (χ1v) is 4.32. The van der Waals surface area contributed by atoms with E-state index in [0.29, 0.717) is 0 Å². The summed E-state index contributed by atoms with van der Waals surface area (Å²) in [5.74, 6) is 0. The summed E-state index contributed by atoms with van der Waals surface area (Å²) < 4.78 is 21.4. The fraction of sp³-hybridized carbons (Fsp3) is 1.00. The summed E-state index contributed by atoms with van der Waals surface area (Å²) in [5, 5.41) is 0. The van der Waals surface area contributed by atoms with Gasteiger partial charge in [-0.1, -0.05) is 0 Å². The second-order valence-corrected chi connectivity index (χ2v) is 5.44. The van der Waals surface area contributed by atoms with Crippen LogP contribution >= 0.6 is 18.8 Å². The van der Waals surface area contributed by atoms with Crippen LogP contribution in [0.25, 0.3) is 0 Å². The van der Waals surface area contributed by atoms with Gasteiger partial charge in [0, 0.05) is 0 Å². The normalized spacial score (nSPS) is 12.6. The molecule has 7 heavy (non-hydrogen) atoms. The SMILES string of the molecule is CS(=O)(=O)N(P)P. The Labute approximate surface area is 48.0 Å². The Morgan fingerprint density at radius 1 is 1.43 bits per heavy atom. The second-order valence-electron chi connectivity index (χ2n) is 1.09. The quantitative estimate of drug-likeness (QED) is 0.498. The summed E-state index contributed by atoms with van der Waals surface area (Å²) >= 11 is 0. The molecule has 3 nitrogen and oxygen atoms in total. The maximum Gasteiger partial charge on any atom is 0.216 e. The monoisotopic (exact) mass is 159 g/mol. The molecule has 44 valence electrons. The summed E-state index contributed by atoms with van der Waals surface area (Å²) in [7, 11) is 1.04. The predicted molar refractivity (Wildman–Crippen MR) is 36.1 cm³/mol. The van der Waals surface area contributed by atoms with Gasteiger partial charge in [-0.25, -0.2) is 8.42 Å². The van der Waals surface area contributed by atoms with Crippen molar-refractivity contribution in [3.05, 3.63) is 0 Å². The van der Waals surface area contributed by atoms with Gasteiger partial charge in [0.2, 0.25) is 10.0 Å². The van der Waals surface area contributed by atoms with E-state index in [9.17, 15) is 8.42 Å². The Morgan fingerprint density at radius 2 is 1.57 bits per heavy atom. The van der Waals surface area contributed by atoms with Gasteiger partial charge in [0.15, 0.2) is 0 Å². The molecule has 2 unspecified atom stereocenters. The molecule has 0 aliphatic heterocycles. The van der Waals surface area contributed by atoms with E-state index in [1.165, 1.54) is 0 Å². The van der Waals surface area contributed by atoms with Gasteiger partial charge < -0.3 is 0 Å². The van der Waals surface area contributed by atoms with Crippen LogP contribution in [0.1, 0.15) is 0 Å². The fourth-order valence-electron chi connectivity index (χ4n) is 0. The average Bonchev–Trinajstić information content (AvgIpc) is 1.31. The average molecular weight is 159 g/mol. The highest BCUT2D eigenvalue weighted by atomic mass is 32.2. The van der Waals surface area contributed by atoms with E-state index in [1.54, 1.807) is 0 Å². The molecule has 6 heteroatoms. The molecule has 0 N–H and O–H groups in total. The van der Waals surface area contributed by atoms with Crippen molar-refractivity contribution in [3.8, 4) is 0 Å². The Hall–Kier alpha value is 0.770. The molecule has 0 aromatic rings. The van der Waals surface area contributed by atoms with Crippen LogP contribution in [0.5, 0.6) is 0 Å². The van der Waals surface area contributed by atoms with E-state index in [0.717, 1.165) is 10.1 Å². The molecule has 0 radical (unpaired) electrons. The first-order valence-electron chi connectivity index (χ1n) is 1.44. The van der Waals surface area contributed by atoms with Crippen LogP contribution < -0.4 is 0 Å². The number of nitrogens with zero attached hydrogens (tertiary/aromatic N) is 1. The molecule has 0 saturated carbocycles. The first-order chi connectivity index (χ1) is 2.94. The van der Waals surface area contributed by atoms with Gasteiger partial charge in [-0.3, -0.25) is 0 Å². The van der Waals surface area contributed by atoms with Crippen molar-refractivity contribution in [1.29, 1.82) is 0 Å². The highest BCUT2D eigenvalue weighted by Crippen LogP contribution is 2.10. The molecule has 0 spiro atoms. The lowest BCUT2D eigenvalue weighted by Gasteiger charge is -2.02. The molecule has 0 aliphatic rings. The number of hydrogen-bond acceptors (Lipinski definition) is 2. The van der Waals surface area contributed by atoms with Crippen molar-refractivity contribution in [2.45, 2.75) is 0 Å². The number of hydrogen-bond donors (Lipinski definition) is 0. The molecule has 2 atom stereocenters. The van der Waals surface area contributed by atoms with Crippen LogP contribution in [0.3, 0.4) is 0 Å². The van der Waals surface area contributed by atoms with E-state index in [2.05, 4.69) is 0 Å². The van der Waals surface area contributed by atoms with Gasteiger partial charge in [0.1, 0.15) is 0 Å². The van der Waals surface area contributed by atoms with Crippen LogP contribution in [0.15, 0.2) is 0 Å². The van der Waals surface area contributed by atoms with Crippen molar-refractivity contribution in [3.63, 3.8) is 0 Å². The minimum Gasteiger partial charge on any atom is -0.212 e. The van der Waals surface area contributed by atoms with Crippen LogP contribution in [0.2, 0.25) is 0 Å². The highest BCUT2D eigenvalue weighted by molar-refractivity contribution is 7.94. The lowest BCUT2D eigenvalue weighted by molar-refractivity contribution is 0.588. The summed E-state index contributed by atoms with van der Waals surface area (Å²) in [6.07, 6.45) is 1.12. The molecular weight excluding hydrogens is 152 g/mol. The molecule has 0 aromatic heterocycles. The van der Waals surface area contributed by atoms with E-state index in [4.69, 9.17) is 0 Å². The van der Waals surface area contributed by atoms with E-state index in [1.807, 2.05) is 18.8 Å². The zero-order valence-electron chi connectivity index (χ0n) is 3.83. The van der Waals surface area contributed by atoms with Gasteiger partial charge in [0.25, 0.3) is 0 Å². The van der Waals surface area contributed by atoms with Crippen molar-refractivity contribution < 1.29 is 8.42 Å². The van der Waals surface area contributed by atoms with E-state index in [-0.39, 0.29) is 0 Å². The van der Waals surface area contributed by atoms with Crippen molar-refractivity contribution in [1.82, 2.24) is 3.85 Å². The summed E-state index contributed by atoms with van der Waals surface area (Å²) in [5.41, 5.74) is 0. The Balaban J connectivity index is 4.10. The van der Waals surface area contributed by atoms with Crippen LogP contribution in [0.4, 0.5) is 0 Å². The Kier molecular flexibility index (Phi) is 2.62. The molecule has 0 saturated heterocycles. The van der Waals surface area contributed by atoms with Gasteiger partial charge in [-0.05, 0) is 18.8 Å². The first kappa shape index (κ1) is 7.77. The topological polar surface area (TPSA) is 37.4 Å². The van der Waals surface area contributed by atoms with Crippen LogP contribution in [-0.2, 0) is 10.0 Å². The molecule has 0 aromatic carbocycles. The van der Waals surface area contributed by atoms with E-state index < -0.39 is 10.0 Å². The summed E-state index contributed by atoms with van der Waals surface area (Å²) in [4.78, 5) is 0. The Morgan fingerprint density at radius 3 is 1.57 bits per heavy atom. The minimum atomic E-state index is -2.98. The van der Waals surface area contributed by atoms with Gasteiger partial charge in [0.05, 0.1) is 6.26 Å². The molecular formula is CH7NO2P2S. The molecule has 0 amide bonds. The predicted octanol–water partition coefficient (Wildman–Crippen LogP) is -0.172. The summed E-state index contributed by atoms with van der Waals surface area (Å²) in [6, 6.07) is 0. The standard InChI is InChI=1S/CH7NO2P2S/c1-7(3,4)2(5)6/h5-6H2,1H3. The van der Waals surface area contributed by atoms with E-state index >= 15 is 0 Å². The lowest BCUT2D eigenvalue weighted by atomic mass is 12.0. The maximum absolute atomic E-state index is 10.2. The second kappa shape index (κ2) is 2.36. The van der Waals surface area contributed by atoms with Crippen molar-refractivity contribution >= 4 is 28.8 Å². The van der Waals surface area contributed by atoms with Gasteiger partial charge in [-0.15, -0.1) is 0 Å². The van der Waals surface area contributed by atoms with Crippen LogP contribution in [0, 0.1) is 0 Å².